The number of amides is 1. The van der Waals surface area contributed by atoms with Gasteiger partial charge in [0.15, 0.2) is 0 Å². The van der Waals surface area contributed by atoms with Crippen LogP contribution in [0.1, 0.15) is 48.0 Å². The summed E-state index contributed by atoms with van der Waals surface area (Å²) >= 11 is 1.59. The molecule has 28 heavy (non-hydrogen) atoms. The fourth-order valence-corrected chi connectivity index (χ4v) is 4.87. The Kier molecular flexibility index (Phi) is 4.62. The number of nitrogens with one attached hydrogen (secondary N) is 1. The molecule has 0 saturated heterocycles. The van der Waals surface area contributed by atoms with Crippen molar-refractivity contribution in [2.45, 2.75) is 46.1 Å². The lowest BCUT2D eigenvalue weighted by molar-refractivity contribution is -0.123. The van der Waals surface area contributed by atoms with Crippen LogP contribution in [0.15, 0.2) is 22.4 Å². The van der Waals surface area contributed by atoms with E-state index >= 15 is 0 Å². The van der Waals surface area contributed by atoms with Crippen molar-refractivity contribution in [3.05, 3.63) is 44.6 Å². The minimum atomic E-state index is -0.715. The summed E-state index contributed by atoms with van der Waals surface area (Å²) in [5, 5.41) is 9.13. The predicted molar refractivity (Wildman–Crippen MR) is 109 cm³/mol. The maximum absolute atomic E-state index is 13.0. The molecule has 0 saturated carbocycles. The van der Waals surface area contributed by atoms with Gasteiger partial charge in [0.25, 0.3) is 11.5 Å². The summed E-state index contributed by atoms with van der Waals surface area (Å²) < 4.78 is 3.09. The van der Waals surface area contributed by atoms with Gasteiger partial charge < -0.3 is 0 Å². The number of carbonyl (C=O) groups excluding carboxylic acids is 1. The van der Waals surface area contributed by atoms with Crippen LogP contribution < -0.4 is 11.0 Å². The Balaban J connectivity index is 1.59. The van der Waals surface area contributed by atoms with Crippen molar-refractivity contribution in [1.29, 1.82) is 0 Å². The van der Waals surface area contributed by atoms with Gasteiger partial charge in [-0.3, -0.25) is 18.8 Å². The van der Waals surface area contributed by atoms with Crippen LogP contribution in [-0.4, -0.2) is 31.0 Å². The van der Waals surface area contributed by atoms with E-state index in [4.69, 9.17) is 0 Å². The Morgan fingerprint density at radius 3 is 2.89 bits per heavy atom. The molecule has 0 aliphatic heterocycles. The van der Waals surface area contributed by atoms with Crippen molar-refractivity contribution in [2.75, 3.05) is 0 Å². The highest BCUT2D eigenvalue weighted by Gasteiger charge is 2.24. The third-order valence-corrected chi connectivity index (χ3v) is 6.38. The first-order chi connectivity index (χ1) is 13.4. The highest BCUT2D eigenvalue weighted by Crippen LogP contribution is 2.34. The number of fused-ring (bicyclic) bond motifs is 3. The molecule has 1 aliphatic rings. The smallest absolute Gasteiger partial charge is 0.263 e. The van der Waals surface area contributed by atoms with E-state index < -0.39 is 6.04 Å². The van der Waals surface area contributed by atoms with Crippen LogP contribution in [-0.2, 0) is 24.7 Å². The molecule has 0 spiro atoms. The summed E-state index contributed by atoms with van der Waals surface area (Å²) in [5.41, 5.74) is 5.88. The Hall–Kier alpha value is -2.81. The van der Waals surface area contributed by atoms with Crippen molar-refractivity contribution >= 4 is 33.2 Å². The Bertz CT molecular complexity index is 1170. The Morgan fingerprint density at radius 1 is 1.39 bits per heavy atom. The minimum Gasteiger partial charge on any atom is -0.286 e. The van der Waals surface area contributed by atoms with Gasteiger partial charge in [0.05, 0.1) is 23.1 Å². The summed E-state index contributed by atoms with van der Waals surface area (Å²) in [6.07, 6.45) is 6.30. The lowest BCUT2D eigenvalue weighted by Gasteiger charge is -2.13. The first kappa shape index (κ1) is 18.5. The monoisotopic (exact) mass is 398 g/mol. The maximum Gasteiger partial charge on any atom is 0.263 e. The number of rotatable bonds is 4. The summed E-state index contributed by atoms with van der Waals surface area (Å²) in [7, 11) is 1.83. The fourth-order valence-electron chi connectivity index (χ4n) is 3.65. The van der Waals surface area contributed by atoms with Gasteiger partial charge in [0, 0.05) is 23.7 Å². The van der Waals surface area contributed by atoms with E-state index in [0.717, 1.165) is 40.9 Å². The average Bonchev–Trinajstić information content (AvgIpc) is 3.33. The molecule has 9 heteroatoms. The van der Waals surface area contributed by atoms with Gasteiger partial charge in [-0.1, -0.05) is 0 Å². The molecule has 1 amide bonds. The zero-order valence-electron chi connectivity index (χ0n) is 16.3. The van der Waals surface area contributed by atoms with Crippen molar-refractivity contribution in [3.8, 4) is 0 Å². The number of aromatic nitrogens is 4. The summed E-state index contributed by atoms with van der Waals surface area (Å²) in [6, 6.07) is -0.715. The summed E-state index contributed by atoms with van der Waals surface area (Å²) in [4.78, 5) is 32.0. The van der Waals surface area contributed by atoms with E-state index in [1.165, 1.54) is 15.8 Å². The summed E-state index contributed by atoms with van der Waals surface area (Å²) in [5.74, 6) is -0.365. The molecule has 3 aromatic heterocycles. The van der Waals surface area contributed by atoms with Crippen molar-refractivity contribution < 1.29 is 4.79 Å². The van der Waals surface area contributed by atoms with E-state index in [-0.39, 0.29) is 11.5 Å². The molecule has 8 nitrogen and oxygen atoms in total. The quantitative estimate of drug-likeness (QED) is 0.538. The third kappa shape index (κ3) is 3.05. The molecule has 1 N–H and O–H groups in total. The van der Waals surface area contributed by atoms with Gasteiger partial charge in [-0.15, -0.1) is 11.3 Å². The molecule has 1 aliphatic carbocycles. The summed E-state index contributed by atoms with van der Waals surface area (Å²) in [6.45, 7) is 5.37. The van der Waals surface area contributed by atoms with Crippen molar-refractivity contribution in [2.24, 2.45) is 12.1 Å². The number of hydrogen-bond donors (Lipinski definition) is 1. The second kappa shape index (κ2) is 6.97. The van der Waals surface area contributed by atoms with Crippen molar-refractivity contribution in [3.63, 3.8) is 0 Å². The van der Waals surface area contributed by atoms with Gasteiger partial charge in [-0.2, -0.15) is 10.2 Å². The fraction of sp³-hybridized carbons (Fsp3) is 0.421. The highest BCUT2D eigenvalue weighted by atomic mass is 32.1. The maximum atomic E-state index is 13.0. The van der Waals surface area contributed by atoms with Crippen LogP contribution in [0, 0.1) is 6.92 Å². The second-order valence-electron chi connectivity index (χ2n) is 7.15. The number of aryl methyl sites for hydroxylation is 4. The van der Waals surface area contributed by atoms with Gasteiger partial charge in [-0.25, -0.2) is 10.4 Å². The Morgan fingerprint density at radius 2 is 2.18 bits per heavy atom. The molecule has 3 aromatic rings. The van der Waals surface area contributed by atoms with Gasteiger partial charge in [-0.05, 0) is 45.6 Å². The predicted octanol–water partition coefficient (Wildman–Crippen LogP) is 2.09. The first-order valence-electron chi connectivity index (χ1n) is 9.23. The minimum absolute atomic E-state index is 0.157. The Labute approximate surface area is 165 Å². The average molecular weight is 398 g/mol. The lowest BCUT2D eigenvalue weighted by atomic mass is 10.2. The van der Waals surface area contributed by atoms with E-state index in [1.54, 1.807) is 22.9 Å². The van der Waals surface area contributed by atoms with E-state index in [9.17, 15) is 9.59 Å². The normalized spacial score (nSPS) is 15.1. The lowest BCUT2D eigenvalue weighted by Crippen LogP contribution is -2.34. The number of thiophene rings is 1. The topological polar surface area (TPSA) is 94.2 Å². The van der Waals surface area contributed by atoms with Crippen LogP contribution in [0.5, 0.6) is 0 Å². The van der Waals surface area contributed by atoms with Crippen LogP contribution in [0.25, 0.3) is 10.2 Å². The van der Waals surface area contributed by atoms with Crippen LogP contribution in [0.2, 0.25) is 0 Å². The van der Waals surface area contributed by atoms with Crippen LogP contribution >= 0.6 is 11.3 Å². The van der Waals surface area contributed by atoms with Crippen LogP contribution in [0.3, 0.4) is 0 Å². The third-order valence-electron chi connectivity index (χ3n) is 5.18. The van der Waals surface area contributed by atoms with Crippen molar-refractivity contribution in [1.82, 2.24) is 24.8 Å². The molecule has 0 unspecified atom stereocenters. The SMILES string of the molecule is C/C(=N/NC(=O)[C@@H](C)n1cnc2sc3c(c2c1=O)CCC3)c1cn(C)nc1C. The molecule has 0 bridgehead atoms. The van der Waals surface area contributed by atoms with Gasteiger partial charge in [0.2, 0.25) is 0 Å². The molecule has 4 rings (SSSR count). The van der Waals surface area contributed by atoms with Gasteiger partial charge in [0.1, 0.15) is 10.9 Å². The molecule has 0 aromatic carbocycles. The van der Waals surface area contributed by atoms with Crippen LogP contribution in [0.4, 0.5) is 0 Å². The number of hydrazone groups is 1. The zero-order chi connectivity index (χ0) is 20.0. The number of hydrogen-bond acceptors (Lipinski definition) is 6. The second-order valence-corrected chi connectivity index (χ2v) is 8.23. The molecule has 1 atom stereocenters. The number of nitrogens with zero attached hydrogens (tertiary/aromatic N) is 5. The molecule has 0 fully saturated rings. The first-order valence-corrected chi connectivity index (χ1v) is 10.0. The molecule has 0 radical (unpaired) electrons. The molecular weight excluding hydrogens is 376 g/mol. The molecular formula is C19H22N6O2S. The largest absolute Gasteiger partial charge is 0.286 e. The molecule has 3 heterocycles. The molecule has 146 valence electrons. The standard InChI is InChI=1S/C19H22N6O2S/c1-10(14-8-24(4)23-11(14)2)21-22-17(26)12(3)25-9-20-18-16(19(25)27)13-6-5-7-15(13)28-18/h8-9,12H,5-7H2,1-4H3,(H,22,26)/b21-10-/t12-/m1/s1. The van der Waals surface area contributed by atoms with E-state index in [2.05, 4.69) is 20.6 Å². The highest BCUT2D eigenvalue weighted by molar-refractivity contribution is 7.18. The van der Waals surface area contributed by atoms with Gasteiger partial charge >= 0.3 is 0 Å². The zero-order valence-corrected chi connectivity index (χ0v) is 17.1. The van der Waals surface area contributed by atoms with E-state index in [0.29, 0.717) is 11.1 Å². The number of carbonyl (C=O) groups is 1. The van der Waals surface area contributed by atoms with E-state index in [1.807, 2.05) is 27.1 Å².